The number of hydrogen-bond donors (Lipinski definition) is 0. The van der Waals surface area contributed by atoms with Crippen LogP contribution in [0.15, 0.2) is 18.2 Å². The third-order valence-electron chi connectivity index (χ3n) is 2.76. The molecule has 0 aromatic heterocycles. The van der Waals surface area contributed by atoms with E-state index in [-0.39, 0.29) is 11.7 Å². The lowest BCUT2D eigenvalue weighted by molar-refractivity contribution is -0.121. The quantitative estimate of drug-likeness (QED) is 0.833. The molecule has 1 atom stereocenters. The van der Waals surface area contributed by atoms with E-state index < -0.39 is 0 Å². The van der Waals surface area contributed by atoms with E-state index in [9.17, 15) is 4.79 Å². The van der Waals surface area contributed by atoms with Gasteiger partial charge in [-0.15, -0.1) is 0 Å². The van der Waals surface area contributed by atoms with Crippen LogP contribution in [0.25, 0.3) is 0 Å². The fourth-order valence-electron chi connectivity index (χ4n) is 1.80. The van der Waals surface area contributed by atoms with E-state index in [2.05, 4.69) is 0 Å². The minimum atomic E-state index is 0.208. The second-order valence-electron chi connectivity index (χ2n) is 3.94. The maximum atomic E-state index is 12.0. The number of ketones is 1. The Kier molecular flexibility index (Phi) is 4.17. The molecular formula is C12H12Cl2OS. The molecule has 1 saturated heterocycles. The maximum absolute atomic E-state index is 12.0. The molecule has 0 spiro atoms. The molecule has 1 fully saturated rings. The van der Waals surface area contributed by atoms with Crippen LogP contribution in [0.3, 0.4) is 0 Å². The molecule has 0 N–H and O–H groups in total. The number of thioether (sulfide) groups is 1. The number of halogens is 2. The van der Waals surface area contributed by atoms with Crippen LogP contribution >= 0.6 is 35.0 Å². The summed E-state index contributed by atoms with van der Waals surface area (Å²) in [7, 11) is 0. The van der Waals surface area contributed by atoms with Gasteiger partial charge in [0.25, 0.3) is 0 Å². The molecule has 1 unspecified atom stereocenters. The molecule has 0 saturated carbocycles. The summed E-state index contributed by atoms with van der Waals surface area (Å²) in [6.07, 6.45) is 1.41. The summed E-state index contributed by atoms with van der Waals surface area (Å²) in [6.45, 7) is 0. The summed E-state index contributed by atoms with van der Waals surface area (Å²) < 4.78 is 0. The monoisotopic (exact) mass is 274 g/mol. The molecule has 0 amide bonds. The molecule has 0 aliphatic carbocycles. The van der Waals surface area contributed by atoms with Gasteiger partial charge in [-0.05, 0) is 35.9 Å². The predicted molar refractivity (Wildman–Crippen MR) is 70.6 cm³/mol. The predicted octanol–water partition coefficient (Wildman–Crippen LogP) is 3.86. The lowest BCUT2D eigenvalue weighted by Crippen LogP contribution is -2.16. The van der Waals surface area contributed by atoms with E-state index >= 15 is 0 Å². The van der Waals surface area contributed by atoms with Crippen LogP contribution in [0.1, 0.15) is 12.0 Å². The Morgan fingerprint density at radius 1 is 1.44 bits per heavy atom. The fourth-order valence-corrected chi connectivity index (χ4v) is 3.43. The van der Waals surface area contributed by atoms with Crippen molar-refractivity contribution in [1.82, 2.24) is 0 Å². The summed E-state index contributed by atoms with van der Waals surface area (Å²) in [5, 5.41) is 1.26. The van der Waals surface area contributed by atoms with E-state index in [1.165, 1.54) is 0 Å². The summed E-state index contributed by atoms with van der Waals surface area (Å²) in [5.74, 6) is 2.55. The molecule has 0 bridgehead atoms. The SMILES string of the molecule is O=C(Cc1cc(Cl)ccc1Cl)C1CCSC1. The van der Waals surface area contributed by atoms with Crippen LogP contribution in [0.5, 0.6) is 0 Å². The molecular weight excluding hydrogens is 263 g/mol. The number of hydrogen-bond acceptors (Lipinski definition) is 2. The average Bonchev–Trinajstić information content (AvgIpc) is 2.76. The van der Waals surface area contributed by atoms with Crippen molar-refractivity contribution in [2.45, 2.75) is 12.8 Å². The van der Waals surface area contributed by atoms with Crippen LogP contribution in [0.4, 0.5) is 0 Å². The first-order chi connectivity index (χ1) is 7.66. The van der Waals surface area contributed by atoms with Gasteiger partial charge in [-0.25, -0.2) is 0 Å². The third kappa shape index (κ3) is 2.93. The fraction of sp³-hybridized carbons (Fsp3) is 0.417. The van der Waals surface area contributed by atoms with E-state index in [1.54, 1.807) is 18.2 Å². The highest BCUT2D eigenvalue weighted by molar-refractivity contribution is 7.99. The standard InChI is InChI=1S/C12H12Cl2OS/c13-10-1-2-11(14)9(5-10)6-12(15)8-3-4-16-7-8/h1-2,5,8H,3-4,6-7H2. The highest BCUT2D eigenvalue weighted by Gasteiger charge is 2.23. The highest BCUT2D eigenvalue weighted by Crippen LogP contribution is 2.27. The van der Waals surface area contributed by atoms with Crippen molar-refractivity contribution in [3.05, 3.63) is 33.8 Å². The topological polar surface area (TPSA) is 17.1 Å². The maximum Gasteiger partial charge on any atom is 0.141 e. The van der Waals surface area contributed by atoms with Crippen molar-refractivity contribution in [1.29, 1.82) is 0 Å². The average molecular weight is 275 g/mol. The molecule has 1 nitrogen and oxygen atoms in total. The Labute approximate surface area is 110 Å². The van der Waals surface area contributed by atoms with Crippen molar-refractivity contribution in [3.8, 4) is 0 Å². The van der Waals surface area contributed by atoms with Gasteiger partial charge in [-0.3, -0.25) is 4.79 Å². The van der Waals surface area contributed by atoms with Crippen molar-refractivity contribution in [2.24, 2.45) is 5.92 Å². The molecule has 1 aromatic rings. The smallest absolute Gasteiger partial charge is 0.141 e. The molecule has 0 radical (unpaired) electrons. The minimum Gasteiger partial charge on any atom is -0.299 e. The Balaban J connectivity index is 2.07. The van der Waals surface area contributed by atoms with Gasteiger partial charge in [-0.1, -0.05) is 23.2 Å². The number of benzene rings is 1. The second-order valence-corrected chi connectivity index (χ2v) is 5.93. The van der Waals surface area contributed by atoms with Crippen molar-refractivity contribution < 1.29 is 4.79 Å². The van der Waals surface area contributed by atoms with Crippen LogP contribution in [-0.4, -0.2) is 17.3 Å². The van der Waals surface area contributed by atoms with E-state index in [0.29, 0.717) is 16.5 Å². The molecule has 86 valence electrons. The summed E-state index contributed by atoms with van der Waals surface area (Å²) >= 11 is 13.8. The van der Waals surface area contributed by atoms with Crippen LogP contribution in [0, 0.1) is 5.92 Å². The zero-order valence-electron chi connectivity index (χ0n) is 8.71. The zero-order valence-corrected chi connectivity index (χ0v) is 11.0. The molecule has 1 aliphatic heterocycles. The van der Waals surface area contributed by atoms with E-state index in [0.717, 1.165) is 23.5 Å². The van der Waals surface area contributed by atoms with Gasteiger partial charge < -0.3 is 0 Å². The van der Waals surface area contributed by atoms with Crippen LogP contribution in [-0.2, 0) is 11.2 Å². The van der Waals surface area contributed by atoms with Crippen molar-refractivity contribution in [3.63, 3.8) is 0 Å². The lowest BCUT2D eigenvalue weighted by atomic mass is 9.97. The summed E-state index contributed by atoms with van der Waals surface area (Å²) in [5.41, 5.74) is 0.844. The van der Waals surface area contributed by atoms with Gasteiger partial charge in [0.05, 0.1) is 0 Å². The first-order valence-electron chi connectivity index (χ1n) is 5.21. The van der Waals surface area contributed by atoms with Gasteiger partial charge in [0, 0.05) is 28.1 Å². The molecule has 2 rings (SSSR count). The van der Waals surface area contributed by atoms with Gasteiger partial charge in [0.1, 0.15) is 5.78 Å². The normalized spacial score (nSPS) is 20.0. The van der Waals surface area contributed by atoms with E-state index in [4.69, 9.17) is 23.2 Å². The number of carbonyl (C=O) groups excluding carboxylic acids is 1. The Hall–Kier alpha value is -0.180. The van der Waals surface area contributed by atoms with Gasteiger partial charge in [0.2, 0.25) is 0 Å². The molecule has 1 heterocycles. The lowest BCUT2D eigenvalue weighted by Gasteiger charge is -2.08. The largest absolute Gasteiger partial charge is 0.299 e. The summed E-state index contributed by atoms with van der Waals surface area (Å²) in [6, 6.07) is 5.27. The summed E-state index contributed by atoms with van der Waals surface area (Å²) in [4.78, 5) is 12.0. The number of rotatable bonds is 3. The molecule has 1 aliphatic rings. The van der Waals surface area contributed by atoms with E-state index in [1.807, 2.05) is 11.8 Å². The van der Waals surface area contributed by atoms with Crippen molar-refractivity contribution in [2.75, 3.05) is 11.5 Å². The zero-order chi connectivity index (χ0) is 11.5. The minimum absolute atomic E-state index is 0.208. The van der Waals surface area contributed by atoms with Gasteiger partial charge in [0.15, 0.2) is 0 Å². The van der Waals surface area contributed by atoms with Crippen LogP contribution in [0.2, 0.25) is 10.0 Å². The van der Waals surface area contributed by atoms with Gasteiger partial charge >= 0.3 is 0 Å². The number of carbonyl (C=O) groups is 1. The Morgan fingerprint density at radius 2 is 2.25 bits per heavy atom. The van der Waals surface area contributed by atoms with Crippen molar-refractivity contribution >= 4 is 40.7 Å². The number of Topliss-reactive ketones (excluding diaryl/α,β-unsaturated/α-hetero) is 1. The Bertz CT molecular complexity index is 400. The molecule has 4 heteroatoms. The molecule has 16 heavy (non-hydrogen) atoms. The van der Waals surface area contributed by atoms with Crippen LogP contribution < -0.4 is 0 Å². The molecule has 1 aromatic carbocycles. The second kappa shape index (κ2) is 5.44. The van der Waals surface area contributed by atoms with Gasteiger partial charge in [-0.2, -0.15) is 11.8 Å². The third-order valence-corrected chi connectivity index (χ3v) is 4.52. The Morgan fingerprint density at radius 3 is 2.94 bits per heavy atom. The first kappa shape index (κ1) is 12.3. The first-order valence-corrected chi connectivity index (χ1v) is 7.12. The highest BCUT2D eigenvalue weighted by atomic mass is 35.5.